The Morgan fingerprint density at radius 2 is 1.40 bits per heavy atom. The first-order valence-corrected chi connectivity index (χ1v) is 11.5. The highest BCUT2D eigenvalue weighted by Gasteiger charge is 2.29. The van der Waals surface area contributed by atoms with Crippen LogP contribution in [0.1, 0.15) is 20.7 Å². The molecule has 0 amide bonds. The van der Waals surface area contributed by atoms with Gasteiger partial charge in [0.25, 0.3) is 10.2 Å². The van der Waals surface area contributed by atoms with E-state index < -0.39 is 43.7 Å². The third-order valence-electron chi connectivity index (χ3n) is 4.79. The average Bonchev–Trinajstić information content (AvgIpc) is 2.85. The molecule has 2 aromatic carbocycles. The molecule has 2 aromatic heterocycles. The van der Waals surface area contributed by atoms with Crippen LogP contribution < -0.4 is 11.4 Å². The van der Waals surface area contributed by atoms with E-state index in [2.05, 4.69) is 19.9 Å². The Morgan fingerprint density at radius 1 is 0.829 bits per heavy atom. The van der Waals surface area contributed by atoms with E-state index in [0.29, 0.717) is 11.3 Å². The Kier molecular flexibility index (Phi) is 6.74. The Morgan fingerprint density at radius 3 is 2.00 bits per heavy atom. The maximum absolute atomic E-state index is 12.8. The first kappa shape index (κ1) is 24.2. The van der Waals surface area contributed by atoms with Crippen molar-refractivity contribution in [2.75, 3.05) is 0 Å². The Hall–Kier alpha value is -3.93. The van der Waals surface area contributed by atoms with Gasteiger partial charge in [-0.15, -0.1) is 0 Å². The molecule has 13 heteroatoms. The molecule has 0 fully saturated rings. The predicted molar refractivity (Wildman–Crippen MR) is 129 cm³/mol. The van der Waals surface area contributed by atoms with E-state index in [-0.39, 0.29) is 26.9 Å². The average molecular weight is 531 g/mol. The van der Waals surface area contributed by atoms with Crippen molar-refractivity contribution in [1.29, 1.82) is 0 Å². The topological polar surface area (TPSA) is 163 Å². The lowest BCUT2D eigenvalue weighted by Gasteiger charge is -2.12. The molecule has 0 saturated carbocycles. The molecule has 4 aromatic rings. The van der Waals surface area contributed by atoms with Gasteiger partial charge < -0.3 is 15.1 Å². The van der Waals surface area contributed by atoms with Crippen LogP contribution >= 0.6 is 23.2 Å². The number of aromatic nitrogens is 4. The Bertz CT molecular complexity index is 1630. The zero-order valence-corrected chi connectivity index (χ0v) is 19.6. The van der Waals surface area contributed by atoms with Crippen molar-refractivity contribution in [1.82, 2.24) is 19.9 Å². The fourth-order valence-electron chi connectivity index (χ4n) is 3.15. The maximum atomic E-state index is 12.8. The Labute approximate surface area is 208 Å². The molecular weight excluding hydrogens is 519 g/mol. The molecule has 10 nitrogen and oxygen atoms in total. The molecule has 0 radical (unpaired) electrons. The molecule has 35 heavy (non-hydrogen) atoms. The van der Waals surface area contributed by atoms with E-state index in [0.717, 1.165) is 6.07 Å². The van der Waals surface area contributed by atoms with Gasteiger partial charge in [-0.3, -0.25) is 9.59 Å². The van der Waals surface area contributed by atoms with Crippen molar-refractivity contribution in [3.8, 4) is 28.3 Å². The normalized spacial score (nSPS) is 11.7. The van der Waals surface area contributed by atoms with Crippen LogP contribution in [0.25, 0.3) is 22.5 Å². The number of aromatic amines is 2. The molecule has 0 saturated heterocycles. The molecule has 1 unspecified atom stereocenters. The molecule has 0 aliphatic heterocycles. The summed E-state index contributed by atoms with van der Waals surface area (Å²) < 4.78 is 12.7. The molecule has 0 bridgehead atoms. The van der Waals surface area contributed by atoms with Crippen LogP contribution in [0.4, 0.5) is 0 Å². The molecule has 176 valence electrons. The van der Waals surface area contributed by atoms with Gasteiger partial charge in [0.05, 0.1) is 32.6 Å². The summed E-state index contributed by atoms with van der Waals surface area (Å²) in [4.78, 5) is 60.3. The van der Waals surface area contributed by atoms with Gasteiger partial charge in [-0.25, -0.2) is 23.8 Å². The van der Waals surface area contributed by atoms with Gasteiger partial charge in [-0.05, 0) is 35.9 Å². The number of phenolic OH excluding ortho intramolecular Hbond substituents is 1. The summed E-state index contributed by atoms with van der Waals surface area (Å²) in [5.41, 5.74) is -0.704. The largest absolute Gasteiger partial charge is 0.507 e. The third-order valence-corrected chi connectivity index (χ3v) is 6.79. The van der Waals surface area contributed by atoms with Crippen molar-refractivity contribution in [3.05, 3.63) is 97.0 Å². The number of halogens is 2. The third kappa shape index (κ3) is 4.83. The van der Waals surface area contributed by atoms with Crippen molar-refractivity contribution >= 4 is 44.2 Å². The van der Waals surface area contributed by atoms with Crippen LogP contribution in [0.2, 0.25) is 10.0 Å². The van der Waals surface area contributed by atoms with Crippen LogP contribution in [0.15, 0.2) is 64.4 Å². The maximum Gasteiger partial charge on any atom is 0.345 e. The lowest BCUT2D eigenvalue weighted by molar-refractivity contribution is 0.105. The number of nitrogens with one attached hydrogen (secondary N) is 2. The number of aromatic hydroxyl groups is 1. The van der Waals surface area contributed by atoms with Gasteiger partial charge in [-0.2, -0.15) is 0 Å². The van der Waals surface area contributed by atoms with Crippen LogP contribution in [-0.4, -0.2) is 39.5 Å². The smallest absolute Gasteiger partial charge is 0.345 e. The second-order valence-electron chi connectivity index (χ2n) is 6.94. The number of H-pyrrole nitrogens is 2. The number of benzene rings is 2. The number of phenols is 1. The SMILES string of the molecule is O=C(c1ccc(-c2ccnc(=O)[nH]2)cc1)S(=O)C(=O)c1cc(O)c(-c2ccnc(=O)[nH]2)c(Cl)c1Cl. The zero-order valence-electron chi connectivity index (χ0n) is 17.2. The minimum absolute atomic E-state index is 0.0331. The van der Waals surface area contributed by atoms with Gasteiger partial charge in [0, 0.05) is 18.0 Å². The first-order valence-electron chi connectivity index (χ1n) is 9.60. The number of carbonyl (C=O) groups excluding carboxylic acids is 2. The van der Waals surface area contributed by atoms with Crippen molar-refractivity contribution in [2.24, 2.45) is 0 Å². The van der Waals surface area contributed by atoms with Crippen molar-refractivity contribution in [3.63, 3.8) is 0 Å². The van der Waals surface area contributed by atoms with Gasteiger partial charge in [0.1, 0.15) is 5.75 Å². The second-order valence-corrected chi connectivity index (χ2v) is 8.98. The Balaban J connectivity index is 1.63. The van der Waals surface area contributed by atoms with Crippen molar-refractivity contribution < 1.29 is 18.9 Å². The van der Waals surface area contributed by atoms with E-state index in [1.54, 1.807) is 6.07 Å². The highest BCUT2D eigenvalue weighted by atomic mass is 35.5. The standard InChI is InChI=1S/C22H12Cl2N4O6S/c23-17-12(9-15(29)16(18(17)24)14-6-8-26-22(33)28-14)20(31)35(34)19(30)11-3-1-10(2-4-11)13-5-7-25-21(32)27-13/h1-9,29H,(H,25,27,32)(H,26,28,33). The monoisotopic (exact) mass is 530 g/mol. The van der Waals surface area contributed by atoms with E-state index in [1.807, 2.05) is 0 Å². The summed E-state index contributed by atoms with van der Waals surface area (Å²) in [5.74, 6) is -0.537. The molecule has 0 spiro atoms. The van der Waals surface area contributed by atoms with E-state index in [1.165, 1.54) is 42.7 Å². The number of hydrogen-bond acceptors (Lipinski definition) is 8. The summed E-state index contributed by atoms with van der Waals surface area (Å²) in [6.07, 6.45) is 2.51. The van der Waals surface area contributed by atoms with Gasteiger partial charge in [0.2, 0.25) is 0 Å². The van der Waals surface area contributed by atoms with Crippen molar-refractivity contribution in [2.45, 2.75) is 0 Å². The van der Waals surface area contributed by atoms with Crippen LogP contribution in [0, 0.1) is 0 Å². The van der Waals surface area contributed by atoms with Crippen LogP contribution in [0.3, 0.4) is 0 Å². The fourth-order valence-corrected chi connectivity index (χ4v) is 4.62. The highest BCUT2D eigenvalue weighted by molar-refractivity contribution is 8.14. The quantitative estimate of drug-likeness (QED) is 0.362. The van der Waals surface area contributed by atoms with Gasteiger partial charge in [-0.1, -0.05) is 35.3 Å². The van der Waals surface area contributed by atoms with Gasteiger partial charge in [0.15, 0.2) is 10.8 Å². The molecule has 0 aliphatic rings. The van der Waals surface area contributed by atoms with E-state index >= 15 is 0 Å². The number of carbonyl (C=O) groups is 2. The number of rotatable bonds is 4. The zero-order chi connectivity index (χ0) is 25.3. The molecule has 2 heterocycles. The molecule has 4 rings (SSSR count). The molecule has 3 N–H and O–H groups in total. The first-order chi connectivity index (χ1) is 16.7. The lowest BCUT2D eigenvalue weighted by Crippen LogP contribution is -2.18. The minimum Gasteiger partial charge on any atom is -0.507 e. The second kappa shape index (κ2) is 9.74. The van der Waals surface area contributed by atoms with E-state index in [4.69, 9.17) is 23.2 Å². The van der Waals surface area contributed by atoms with Crippen LogP contribution in [-0.2, 0) is 10.8 Å². The lowest BCUT2D eigenvalue weighted by atomic mass is 10.1. The number of hydrogen-bond donors (Lipinski definition) is 3. The predicted octanol–water partition coefficient (Wildman–Crippen LogP) is 2.93. The minimum atomic E-state index is -2.72. The van der Waals surface area contributed by atoms with Gasteiger partial charge >= 0.3 is 11.4 Å². The summed E-state index contributed by atoms with van der Waals surface area (Å²) in [7, 11) is -2.72. The summed E-state index contributed by atoms with van der Waals surface area (Å²) in [6, 6.07) is 9.52. The molecular formula is C22H12Cl2N4O6S. The summed E-state index contributed by atoms with van der Waals surface area (Å²) in [5, 5.41) is 7.61. The van der Waals surface area contributed by atoms with E-state index in [9.17, 15) is 28.5 Å². The summed E-state index contributed by atoms with van der Waals surface area (Å²) in [6.45, 7) is 0. The fraction of sp³-hybridized carbons (Fsp3) is 0. The molecule has 1 atom stereocenters. The highest BCUT2D eigenvalue weighted by Crippen LogP contribution is 2.41. The number of nitrogens with zero attached hydrogens (tertiary/aromatic N) is 2. The van der Waals surface area contributed by atoms with Crippen LogP contribution in [0.5, 0.6) is 5.75 Å². The molecule has 0 aliphatic carbocycles. The summed E-state index contributed by atoms with van der Waals surface area (Å²) >= 11 is 12.4.